The van der Waals surface area contributed by atoms with Crippen LogP contribution in [0.25, 0.3) is 0 Å². The largest absolute Gasteiger partial charge is 0.495 e. The minimum Gasteiger partial charge on any atom is -0.495 e. The average Bonchev–Trinajstić information content (AvgIpc) is 2.69. The van der Waals surface area contributed by atoms with Crippen LogP contribution in [0.2, 0.25) is 0 Å². The van der Waals surface area contributed by atoms with Crippen molar-refractivity contribution in [2.75, 3.05) is 25.5 Å². The van der Waals surface area contributed by atoms with Crippen LogP contribution in [0.4, 0.5) is 5.69 Å². The fourth-order valence-corrected chi connectivity index (χ4v) is 4.76. The first-order valence-electron chi connectivity index (χ1n) is 8.98. The van der Waals surface area contributed by atoms with Crippen LogP contribution in [0.1, 0.15) is 35.2 Å². The number of carbonyl (C=O) groups is 1. The Morgan fingerprint density at radius 1 is 1.07 bits per heavy atom. The van der Waals surface area contributed by atoms with Gasteiger partial charge in [0.15, 0.2) is 0 Å². The Labute approximate surface area is 160 Å². The zero-order valence-electron chi connectivity index (χ0n) is 15.6. The highest BCUT2D eigenvalue weighted by Crippen LogP contribution is 2.30. The summed E-state index contributed by atoms with van der Waals surface area (Å²) in [5, 5.41) is 2.79. The van der Waals surface area contributed by atoms with Crippen molar-refractivity contribution < 1.29 is 17.9 Å². The average molecular weight is 388 g/mol. The van der Waals surface area contributed by atoms with Crippen molar-refractivity contribution in [2.45, 2.75) is 31.1 Å². The first-order valence-corrected chi connectivity index (χ1v) is 10.4. The zero-order chi connectivity index (χ0) is 19.4. The number of rotatable bonds is 5. The number of ether oxygens (including phenoxy) is 1. The molecule has 2 aromatic rings. The summed E-state index contributed by atoms with van der Waals surface area (Å²) in [4.78, 5) is 12.8. The molecule has 2 aromatic carbocycles. The molecule has 1 aliphatic heterocycles. The molecule has 27 heavy (non-hydrogen) atoms. The van der Waals surface area contributed by atoms with Gasteiger partial charge in [0.05, 0.1) is 17.7 Å². The number of methoxy groups -OCH3 is 1. The fourth-order valence-electron chi connectivity index (χ4n) is 3.22. The van der Waals surface area contributed by atoms with Crippen LogP contribution in [0.15, 0.2) is 47.4 Å². The lowest BCUT2D eigenvalue weighted by Crippen LogP contribution is -2.35. The molecule has 0 atom stereocenters. The van der Waals surface area contributed by atoms with E-state index < -0.39 is 10.0 Å². The summed E-state index contributed by atoms with van der Waals surface area (Å²) in [7, 11) is -2.11. The van der Waals surface area contributed by atoms with Gasteiger partial charge in [-0.15, -0.1) is 0 Å². The fraction of sp³-hybridized carbons (Fsp3) is 0.350. The van der Waals surface area contributed by atoms with E-state index in [9.17, 15) is 13.2 Å². The molecule has 0 radical (unpaired) electrons. The number of benzene rings is 2. The Morgan fingerprint density at radius 2 is 1.78 bits per heavy atom. The van der Waals surface area contributed by atoms with E-state index in [1.54, 1.807) is 18.2 Å². The second-order valence-corrected chi connectivity index (χ2v) is 8.53. The molecular formula is C20H24N2O4S. The van der Waals surface area contributed by atoms with Gasteiger partial charge in [-0.1, -0.05) is 24.6 Å². The van der Waals surface area contributed by atoms with E-state index in [2.05, 4.69) is 5.32 Å². The van der Waals surface area contributed by atoms with Crippen molar-refractivity contribution >= 4 is 21.6 Å². The molecule has 0 bridgehead atoms. The quantitative estimate of drug-likeness (QED) is 0.851. The highest BCUT2D eigenvalue weighted by atomic mass is 32.2. The number of hydrogen-bond donors (Lipinski definition) is 1. The molecule has 1 saturated heterocycles. The van der Waals surface area contributed by atoms with E-state index in [1.165, 1.54) is 23.5 Å². The topological polar surface area (TPSA) is 75.7 Å². The van der Waals surface area contributed by atoms with Crippen LogP contribution < -0.4 is 10.1 Å². The maximum atomic E-state index is 12.9. The van der Waals surface area contributed by atoms with Gasteiger partial charge >= 0.3 is 0 Å². The Balaban J connectivity index is 1.92. The monoisotopic (exact) mass is 388 g/mol. The molecule has 0 spiro atoms. The molecule has 0 aliphatic carbocycles. The smallest absolute Gasteiger partial charge is 0.256 e. The third-order valence-corrected chi connectivity index (χ3v) is 6.66. The Kier molecular flexibility index (Phi) is 5.82. The van der Waals surface area contributed by atoms with Crippen molar-refractivity contribution in [2.24, 2.45) is 0 Å². The summed E-state index contributed by atoms with van der Waals surface area (Å²) in [6, 6.07) is 11.8. The van der Waals surface area contributed by atoms with E-state index in [0.717, 1.165) is 24.8 Å². The minimum absolute atomic E-state index is 0.158. The molecule has 0 unspecified atom stereocenters. The maximum absolute atomic E-state index is 12.9. The summed E-state index contributed by atoms with van der Waals surface area (Å²) >= 11 is 0. The molecule has 3 rings (SSSR count). The molecule has 144 valence electrons. The Morgan fingerprint density at radius 3 is 2.44 bits per heavy atom. The summed E-state index contributed by atoms with van der Waals surface area (Å²) < 4.78 is 32.7. The number of piperidine rings is 1. The van der Waals surface area contributed by atoms with Gasteiger partial charge in [-0.2, -0.15) is 4.31 Å². The number of nitrogens with zero attached hydrogens (tertiary/aromatic N) is 1. The van der Waals surface area contributed by atoms with E-state index in [4.69, 9.17) is 4.74 Å². The number of anilines is 1. The highest BCUT2D eigenvalue weighted by molar-refractivity contribution is 7.89. The van der Waals surface area contributed by atoms with Crippen molar-refractivity contribution in [3.63, 3.8) is 0 Å². The van der Waals surface area contributed by atoms with E-state index >= 15 is 0 Å². The Bertz CT molecular complexity index is 935. The van der Waals surface area contributed by atoms with E-state index in [-0.39, 0.29) is 10.8 Å². The number of hydrogen-bond acceptors (Lipinski definition) is 4. The molecular weight excluding hydrogens is 364 g/mol. The lowest BCUT2D eigenvalue weighted by Gasteiger charge is -2.26. The van der Waals surface area contributed by atoms with Crippen LogP contribution in [-0.2, 0) is 10.0 Å². The second-order valence-electron chi connectivity index (χ2n) is 6.60. The van der Waals surface area contributed by atoms with Gasteiger partial charge in [-0.05, 0) is 49.6 Å². The number of amides is 1. The molecule has 7 heteroatoms. The highest BCUT2D eigenvalue weighted by Gasteiger charge is 2.27. The molecule has 1 amide bonds. The molecule has 1 fully saturated rings. The van der Waals surface area contributed by atoms with Crippen LogP contribution in [0.3, 0.4) is 0 Å². The predicted molar refractivity (Wildman–Crippen MR) is 105 cm³/mol. The van der Waals surface area contributed by atoms with E-state index in [1.807, 2.05) is 19.1 Å². The minimum atomic E-state index is -3.59. The first-order chi connectivity index (χ1) is 12.9. The van der Waals surface area contributed by atoms with Gasteiger partial charge in [0.1, 0.15) is 5.75 Å². The van der Waals surface area contributed by atoms with Crippen molar-refractivity contribution in [1.82, 2.24) is 4.31 Å². The summed E-state index contributed by atoms with van der Waals surface area (Å²) in [5.74, 6) is 0.105. The van der Waals surface area contributed by atoms with Crippen molar-refractivity contribution in [3.8, 4) is 5.75 Å². The number of nitrogens with one attached hydrogen (secondary N) is 1. The van der Waals surface area contributed by atoms with Crippen molar-refractivity contribution in [3.05, 3.63) is 53.6 Å². The molecule has 6 nitrogen and oxygen atoms in total. The van der Waals surface area contributed by atoms with Crippen LogP contribution >= 0.6 is 0 Å². The van der Waals surface area contributed by atoms with Gasteiger partial charge in [0.25, 0.3) is 5.91 Å². The van der Waals surface area contributed by atoms with Gasteiger partial charge in [0.2, 0.25) is 10.0 Å². The van der Waals surface area contributed by atoms with Crippen LogP contribution in [-0.4, -0.2) is 38.8 Å². The predicted octanol–water partition coefficient (Wildman–Crippen LogP) is 3.43. The zero-order valence-corrected chi connectivity index (χ0v) is 16.4. The van der Waals surface area contributed by atoms with Crippen molar-refractivity contribution in [1.29, 1.82) is 0 Å². The van der Waals surface area contributed by atoms with Gasteiger partial charge in [-0.25, -0.2) is 8.42 Å². The van der Waals surface area contributed by atoms with Crippen LogP contribution in [0.5, 0.6) is 5.75 Å². The summed E-state index contributed by atoms with van der Waals surface area (Å²) in [6.45, 7) is 2.90. The maximum Gasteiger partial charge on any atom is 0.256 e. The van der Waals surface area contributed by atoms with Gasteiger partial charge < -0.3 is 10.1 Å². The molecule has 0 aromatic heterocycles. The SMILES string of the molecule is COc1ccc(S(=O)(=O)N2CCCCC2)cc1NC(=O)c1ccccc1C. The number of sulfonamides is 1. The molecule has 0 saturated carbocycles. The third-order valence-electron chi connectivity index (χ3n) is 4.76. The Hall–Kier alpha value is -2.38. The van der Waals surface area contributed by atoms with Gasteiger partial charge in [0, 0.05) is 18.7 Å². The van der Waals surface area contributed by atoms with Crippen LogP contribution in [0, 0.1) is 6.92 Å². The second kappa shape index (κ2) is 8.10. The van der Waals surface area contributed by atoms with E-state index in [0.29, 0.717) is 30.1 Å². The number of carbonyl (C=O) groups excluding carboxylic acids is 1. The first kappa shape index (κ1) is 19.4. The third kappa shape index (κ3) is 4.14. The number of aryl methyl sites for hydroxylation is 1. The lowest BCUT2D eigenvalue weighted by atomic mass is 10.1. The summed E-state index contributed by atoms with van der Waals surface area (Å²) in [5.41, 5.74) is 1.71. The molecule has 1 aliphatic rings. The molecule has 1 N–H and O–H groups in total. The lowest BCUT2D eigenvalue weighted by molar-refractivity contribution is 0.102. The normalized spacial score (nSPS) is 15.3. The summed E-state index contributed by atoms with van der Waals surface area (Å²) in [6.07, 6.45) is 2.78. The molecule has 1 heterocycles. The van der Waals surface area contributed by atoms with Gasteiger partial charge in [-0.3, -0.25) is 4.79 Å². The standard InChI is InChI=1S/C20H24N2O4S/c1-15-8-4-5-9-17(15)20(23)21-18-14-16(10-11-19(18)26-2)27(24,25)22-12-6-3-7-13-22/h4-5,8-11,14H,3,6-7,12-13H2,1-2H3,(H,21,23).